The fraction of sp³-hybridized carbons (Fsp3) is 0.458. The average molecular weight is 394 g/mol. The van der Waals surface area contributed by atoms with Gasteiger partial charge in [-0.05, 0) is 50.2 Å². The van der Waals surface area contributed by atoms with Crippen LogP contribution in [0, 0.1) is 0 Å². The molecule has 0 spiro atoms. The van der Waals surface area contributed by atoms with E-state index in [1.54, 1.807) is 0 Å². The standard InChI is InChI=1S/C24H35N5/c1-25-24(26-16-21-11-7-12-22(15-21)18-28(2)3)27-17-23-13-8-14-29(23)19-20-9-5-4-6-10-20/h4-7,9-12,15,23H,8,13-14,16-19H2,1-3H3,(H2,25,26,27). The Balaban J connectivity index is 1.47. The van der Waals surface area contributed by atoms with Gasteiger partial charge in [0.05, 0.1) is 0 Å². The van der Waals surface area contributed by atoms with Gasteiger partial charge in [0.25, 0.3) is 0 Å². The average Bonchev–Trinajstić information content (AvgIpc) is 3.15. The predicted molar refractivity (Wildman–Crippen MR) is 122 cm³/mol. The summed E-state index contributed by atoms with van der Waals surface area (Å²) >= 11 is 0. The van der Waals surface area contributed by atoms with Gasteiger partial charge in [-0.15, -0.1) is 0 Å². The summed E-state index contributed by atoms with van der Waals surface area (Å²) < 4.78 is 0. The van der Waals surface area contributed by atoms with Gasteiger partial charge < -0.3 is 15.5 Å². The second kappa shape index (κ2) is 11.0. The molecule has 0 radical (unpaired) electrons. The summed E-state index contributed by atoms with van der Waals surface area (Å²) in [5.74, 6) is 0.870. The molecule has 5 nitrogen and oxygen atoms in total. The molecule has 0 aromatic heterocycles. The first-order chi connectivity index (χ1) is 14.1. The second-order valence-electron chi connectivity index (χ2n) is 8.12. The minimum Gasteiger partial charge on any atom is -0.355 e. The minimum absolute atomic E-state index is 0.553. The van der Waals surface area contributed by atoms with Crippen molar-refractivity contribution in [1.82, 2.24) is 20.4 Å². The van der Waals surface area contributed by atoms with Crippen molar-refractivity contribution in [2.75, 3.05) is 34.2 Å². The first kappa shape index (κ1) is 21.3. The van der Waals surface area contributed by atoms with Crippen molar-refractivity contribution >= 4 is 5.96 Å². The number of likely N-dealkylation sites (tertiary alicyclic amines) is 1. The van der Waals surface area contributed by atoms with Crippen LogP contribution >= 0.6 is 0 Å². The lowest BCUT2D eigenvalue weighted by Gasteiger charge is -2.25. The van der Waals surface area contributed by atoms with Crippen LogP contribution in [0.4, 0.5) is 0 Å². The van der Waals surface area contributed by atoms with E-state index in [1.165, 1.54) is 36.1 Å². The number of aliphatic imine (C=N–C) groups is 1. The van der Waals surface area contributed by atoms with E-state index in [0.717, 1.165) is 32.1 Å². The van der Waals surface area contributed by atoms with Crippen molar-refractivity contribution in [3.8, 4) is 0 Å². The Morgan fingerprint density at radius 2 is 1.79 bits per heavy atom. The number of hydrogen-bond acceptors (Lipinski definition) is 3. The minimum atomic E-state index is 0.553. The van der Waals surface area contributed by atoms with E-state index in [4.69, 9.17) is 0 Å². The summed E-state index contributed by atoms with van der Waals surface area (Å²) in [5.41, 5.74) is 4.00. The van der Waals surface area contributed by atoms with Gasteiger partial charge in [-0.1, -0.05) is 54.6 Å². The molecule has 156 valence electrons. The van der Waals surface area contributed by atoms with Crippen molar-refractivity contribution in [3.63, 3.8) is 0 Å². The molecule has 3 rings (SSSR count). The summed E-state index contributed by atoms with van der Waals surface area (Å²) in [4.78, 5) is 9.19. The smallest absolute Gasteiger partial charge is 0.191 e. The third-order valence-electron chi connectivity index (χ3n) is 5.41. The van der Waals surface area contributed by atoms with Gasteiger partial charge in [0.2, 0.25) is 0 Å². The van der Waals surface area contributed by atoms with Crippen LogP contribution in [0.5, 0.6) is 0 Å². The van der Waals surface area contributed by atoms with Crippen molar-refractivity contribution in [3.05, 3.63) is 71.3 Å². The van der Waals surface area contributed by atoms with Gasteiger partial charge in [-0.25, -0.2) is 0 Å². The number of guanidine groups is 1. The van der Waals surface area contributed by atoms with Crippen LogP contribution in [-0.2, 0) is 19.6 Å². The number of hydrogen-bond donors (Lipinski definition) is 2. The van der Waals surface area contributed by atoms with E-state index in [0.29, 0.717) is 6.04 Å². The highest BCUT2D eigenvalue weighted by Gasteiger charge is 2.24. The van der Waals surface area contributed by atoms with E-state index in [2.05, 4.69) is 94.1 Å². The van der Waals surface area contributed by atoms with Crippen molar-refractivity contribution in [2.24, 2.45) is 4.99 Å². The number of nitrogens with one attached hydrogen (secondary N) is 2. The monoisotopic (exact) mass is 393 g/mol. The quantitative estimate of drug-likeness (QED) is 0.534. The van der Waals surface area contributed by atoms with Crippen LogP contribution in [0.1, 0.15) is 29.5 Å². The lowest BCUT2D eigenvalue weighted by Crippen LogP contribution is -2.44. The summed E-state index contributed by atoms with van der Waals surface area (Å²) in [6.45, 7) is 4.86. The van der Waals surface area contributed by atoms with E-state index in [1.807, 2.05) is 7.05 Å². The molecule has 2 N–H and O–H groups in total. The zero-order valence-electron chi connectivity index (χ0n) is 18.1. The van der Waals surface area contributed by atoms with Crippen LogP contribution in [0.25, 0.3) is 0 Å². The Labute approximate surface area is 175 Å². The fourth-order valence-electron chi connectivity index (χ4n) is 3.98. The maximum Gasteiger partial charge on any atom is 0.191 e. The molecule has 1 fully saturated rings. The highest BCUT2D eigenvalue weighted by Crippen LogP contribution is 2.19. The molecule has 5 heteroatoms. The number of nitrogens with zero attached hydrogens (tertiary/aromatic N) is 3. The largest absolute Gasteiger partial charge is 0.355 e. The van der Waals surface area contributed by atoms with Gasteiger partial charge in [-0.2, -0.15) is 0 Å². The molecule has 29 heavy (non-hydrogen) atoms. The topological polar surface area (TPSA) is 42.9 Å². The second-order valence-corrected chi connectivity index (χ2v) is 8.12. The van der Waals surface area contributed by atoms with Gasteiger partial charge >= 0.3 is 0 Å². The molecule has 2 aromatic carbocycles. The SMILES string of the molecule is CN=C(NCc1cccc(CN(C)C)c1)NCC1CCCN1Cc1ccccc1. The molecule has 0 saturated carbocycles. The summed E-state index contributed by atoms with van der Waals surface area (Å²) in [7, 11) is 6.04. The lowest BCUT2D eigenvalue weighted by atomic mass is 10.1. The molecule has 0 amide bonds. The Morgan fingerprint density at radius 3 is 2.55 bits per heavy atom. The summed E-state index contributed by atoms with van der Waals surface area (Å²) in [6.07, 6.45) is 2.51. The molecular weight excluding hydrogens is 358 g/mol. The van der Waals surface area contributed by atoms with Crippen LogP contribution in [0.2, 0.25) is 0 Å². The molecule has 1 unspecified atom stereocenters. The molecule has 1 heterocycles. The molecular formula is C24H35N5. The maximum absolute atomic E-state index is 4.41. The number of benzene rings is 2. The van der Waals surface area contributed by atoms with Crippen LogP contribution in [0.15, 0.2) is 59.6 Å². The molecule has 1 saturated heterocycles. The zero-order chi connectivity index (χ0) is 20.5. The molecule has 1 atom stereocenters. The Bertz CT molecular complexity index is 772. The highest BCUT2D eigenvalue weighted by atomic mass is 15.2. The Hall–Kier alpha value is -2.37. The summed E-state index contributed by atoms with van der Waals surface area (Å²) in [6, 6.07) is 20.0. The third-order valence-corrected chi connectivity index (χ3v) is 5.41. The first-order valence-electron chi connectivity index (χ1n) is 10.6. The lowest BCUT2D eigenvalue weighted by molar-refractivity contribution is 0.245. The van der Waals surface area contributed by atoms with Gasteiger partial charge in [0, 0.05) is 39.3 Å². The maximum atomic E-state index is 4.41. The van der Waals surface area contributed by atoms with E-state index < -0.39 is 0 Å². The summed E-state index contributed by atoms with van der Waals surface area (Å²) in [5, 5.41) is 6.99. The third kappa shape index (κ3) is 6.87. The van der Waals surface area contributed by atoms with E-state index >= 15 is 0 Å². The fourth-order valence-corrected chi connectivity index (χ4v) is 3.98. The normalized spacial score (nSPS) is 17.7. The van der Waals surface area contributed by atoms with Gasteiger partial charge in [0.15, 0.2) is 5.96 Å². The zero-order valence-corrected chi connectivity index (χ0v) is 18.1. The van der Waals surface area contributed by atoms with Crippen molar-refractivity contribution in [2.45, 2.75) is 38.5 Å². The molecule has 2 aromatic rings. The van der Waals surface area contributed by atoms with Crippen LogP contribution in [0.3, 0.4) is 0 Å². The number of rotatable bonds is 8. The molecule has 0 aliphatic carbocycles. The van der Waals surface area contributed by atoms with Gasteiger partial charge in [0.1, 0.15) is 0 Å². The van der Waals surface area contributed by atoms with Crippen molar-refractivity contribution in [1.29, 1.82) is 0 Å². The molecule has 1 aliphatic heterocycles. The van der Waals surface area contributed by atoms with Gasteiger partial charge in [-0.3, -0.25) is 9.89 Å². The first-order valence-corrected chi connectivity index (χ1v) is 10.6. The highest BCUT2D eigenvalue weighted by molar-refractivity contribution is 5.79. The van der Waals surface area contributed by atoms with E-state index in [-0.39, 0.29) is 0 Å². The van der Waals surface area contributed by atoms with E-state index in [9.17, 15) is 0 Å². The predicted octanol–water partition coefficient (Wildman–Crippen LogP) is 3.08. The van der Waals surface area contributed by atoms with Crippen LogP contribution < -0.4 is 10.6 Å². The van der Waals surface area contributed by atoms with Crippen molar-refractivity contribution < 1.29 is 0 Å². The van der Waals surface area contributed by atoms with Crippen LogP contribution in [-0.4, -0.2) is 56.0 Å². The molecule has 1 aliphatic rings. The molecule has 0 bridgehead atoms. The Kier molecular flexibility index (Phi) is 8.08. The Morgan fingerprint density at radius 1 is 1.03 bits per heavy atom.